The second-order valence-corrected chi connectivity index (χ2v) is 29.2. The van der Waals surface area contributed by atoms with Crippen LogP contribution >= 0.6 is 15.6 Å². The highest BCUT2D eigenvalue weighted by Crippen LogP contribution is 2.45. The van der Waals surface area contributed by atoms with Crippen LogP contribution in [0.2, 0.25) is 0 Å². The highest BCUT2D eigenvalue weighted by molar-refractivity contribution is 7.47. The maximum absolute atomic E-state index is 13.1. The first kappa shape index (κ1) is 90.1. The van der Waals surface area contributed by atoms with Crippen LogP contribution in [0.25, 0.3) is 0 Å². The van der Waals surface area contributed by atoms with Crippen molar-refractivity contribution in [2.45, 2.75) is 406 Å². The third-order valence-electron chi connectivity index (χ3n) is 17.1. The molecular weight excluding hydrogens is 1210 g/mol. The molecule has 0 amide bonds. The molecule has 19 heteroatoms. The fourth-order valence-corrected chi connectivity index (χ4v) is 12.8. The Kier molecular flexibility index (Phi) is 66.2. The number of carbonyl (C=O) groups excluding carboxylic acids is 4. The van der Waals surface area contributed by atoms with Gasteiger partial charge >= 0.3 is 39.5 Å². The van der Waals surface area contributed by atoms with Gasteiger partial charge < -0.3 is 33.8 Å². The molecule has 5 atom stereocenters. The molecule has 546 valence electrons. The Morgan fingerprint density at radius 3 is 0.641 bits per heavy atom. The van der Waals surface area contributed by atoms with Gasteiger partial charge in [-0.3, -0.25) is 37.3 Å². The molecule has 0 aromatic heterocycles. The lowest BCUT2D eigenvalue weighted by Gasteiger charge is -2.21. The minimum atomic E-state index is -4.95. The highest BCUT2D eigenvalue weighted by atomic mass is 31.2. The number of aliphatic hydroxyl groups excluding tert-OH is 1. The van der Waals surface area contributed by atoms with E-state index < -0.39 is 97.5 Å². The number of aliphatic hydroxyl groups is 1. The summed E-state index contributed by atoms with van der Waals surface area (Å²) in [5.41, 5.74) is 0. The van der Waals surface area contributed by atoms with E-state index in [1.165, 1.54) is 212 Å². The first-order valence-corrected chi connectivity index (χ1v) is 41.3. The molecule has 0 aromatic rings. The molecule has 0 aliphatic rings. The normalized spacial score (nSPS) is 13.9. The third kappa shape index (κ3) is 66.7. The number of ether oxygens (including phenoxy) is 4. The Hall–Kier alpha value is -1.94. The topological polar surface area (TPSA) is 237 Å². The Bertz CT molecular complexity index is 1760. The standard InChI is InChI=1S/C73H142O17P2/c1-5-9-13-17-21-25-28-30-32-33-34-36-38-41-44-48-52-56-60-73(78)90-69(64-84-71(76)58-54-50-46-42-40-37-35-31-29-26-22-18-14-10-6-2)66-88-92(81,82)86-62-67(74)61-85-91(79,80)87-65-68(63-83-70(75)57-53-49-45-24-20-16-12-8-4)89-72(77)59-55-51-47-43-39-27-23-19-15-11-7-3/h67-69,74H,5-66H2,1-4H3,(H,79,80)(H,81,82)/t67-,68+,69+/m0/s1. The minimum absolute atomic E-state index is 0.107. The van der Waals surface area contributed by atoms with Crippen molar-refractivity contribution in [1.82, 2.24) is 0 Å². The number of hydrogen-bond donors (Lipinski definition) is 3. The molecule has 0 rings (SSSR count). The first-order chi connectivity index (χ1) is 44.7. The van der Waals surface area contributed by atoms with Gasteiger partial charge in [0.1, 0.15) is 19.3 Å². The molecule has 0 radical (unpaired) electrons. The van der Waals surface area contributed by atoms with Crippen LogP contribution in [0.5, 0.6) is 0 Å². The van der Waals surface area contributed by atoms with Gasteiger partial charge in [0.25, 0.3) is 0 Å². The summed E-state index contributed by atoms with van der Waals surface area (Å²) in [6.45, 7) is 4.94. The van der Waals surface area contributed by atoms with E-state index in [0.29, 0.717) is 25.7 Å². The molecule has 92 heavy (non-hydrogen) atoms. The van der Waals surface area contributed by atoms with Crippen LogP contribution in [0, 0.1) is 0 Å². The summed E-state index contributed by atoms with van der Waals surface area (Å²) in [5.74, 6) is -2.12. The molecule has 0 saturated heterocycles. The predicted octanol–water partition coefficient (Wildman–Crippen LogP) is 21.4. The summed E-state index contributed by atoms with van der Waals surface area (Å²) in [7, 11) is -9.90. The zero-order chi connectivity index (χ0) is 67.5. The maximum atomic E-state index is 13.1. The van der Waals surface area contributed by atoms with E-state index in [4.69, 9.17) is 37.0 Å². The van der Waals surface area contributed by atoms with E-state index in [1.54, 1.807) is 0 Å². The van der Waals surface area contributed by atoms with Crippen LogP contribution in [0.3, 0.4) is 0 Å². The van der Waals surface area contributed by atoms with Crippen molar-refractivity contribution < 1.29 is 80.2 Å². The quantitative estimate of drug-likeness (QED) is 0.0222. The summed E-state index contributed by atoms with van der Waals surface area (Å²) in [5, 5.41) is 10.6. The number of phosphoric acid groups is 2. The Balaban J connectivity index is 5.20. The predicted molar refractivity (Wildman–Crippen MR) is 372 cm³/mol. The van der Waals surface area contributed by atoms with E-state index in [9.17, 15) is 43.2 Å². The summed E-state index contributed by atoms with van der Waals surface area (Å²) in [4.78, 5) is 72.6. The molecule has 17 nitrogen and oxygen atoms in total. The third-order valence-corrected chi connectivity index (χ3v) is 19.0. The van der Waals surface area contributed by atoms with Gasteiger partial charge in [-0.05, 0) is 25.7 Å². The summed E-state index contributed by atoms with van der Waals surface area (Å²) in [6, 6.07) is 0. The first-order valence-electron chi connectivity index (χ1n) is 38.3. The lowest BCUT2D eigenvalue weighted by molar-refractivity contribution is -0.161. The number of phosphoric ester groups is 2. The zero-order valence-electron chi connectivity index (χ0n) is 59.5. The lowest BCUT2D eigenvalue weighted by Crippen LogP contribution is -2.30. The summed E-state index contributed by atoms with van der Waals surface area (Å²) < 4.78 is 68.3. The van der Waals surface area contributed by atoms with Crippen LogP contribution in [-0.4, -0.2) is 96.7 Å². The van der Waals surface area contributed by atoms with Crippen molar-refractivity contribution in [3.63, 3.8) is 0 Å². The van der Waals surface area contributed by atoms with Crippen molar-refractivity contribution in [1.29, 1.82) is 0 Å². The van der Waals surface area contributed by atoms with E-state index in [1.807, 2.05) is 0 Å². The second kappa shape index (κ2) is 67.6. The molecule has 2 unspecified atom stereocenters. The molecule has 0 aliphatic heterocycles. The molecule has 3 N–H and O–H groups in total. The molecule has 0 heterocycles. The molecule has 0 bridgehead atoms. The van der Waals surface area contributed by atoms with Gasteiger partial charge in [0.15, 0.2) is 12.2 Å². The van der Waals surface area contributed by atoms with Crippen LogP contribution in [-0.2, 0) is 65.4 Å². The van der Waals surface area contributed by atoms with Gasteiger partial charge in [0.05, 0.1) is 26.4 Å². The zero-order valence-corrected chi connectivity index (χ0v) is 61.3. The van der Waals surface area contributed by atoms with Gasteiger partial charge in [-0.15, -0.1) is 0 Å². The SMILES string of the molecule is CCCCCCCCCCCCCCCCCCCCC(=O)O[C@H](COC(=O)CCCCCCCCCCCCCCCCC)COP(=O)(O)OC[C@@H](O)COP(=O)(O)OC[C@@H](COC(=O)CCCCCCCCCC)OC(=O)CCCCCCCCCCCCC. The summed E-state index contributed by atoms with van der Waals surface area (Å²) >= 11 is 0. The van der Waals surface area contributed by atoms with Crippen molar-refractivity contribution >= 4 is 39.5 Å². The number of carbonyl (C=O) groups is 4. The molecule has 0 fully saturated rings. The minimum Gasteiger partial charge on any atom is -0.462 e. The number of hydrogen-bond acceptors (Lipinski definition) is 15. The van der Waals surface area contributed by atoms with Crippen molar-refractivity contribution in [3.05, 3.63) is 0 Å². The maximum Gasteiger partial charge on any atom is 0.472 e. The van der Waals surface area contributed by atoms with Crippen molar-refractivity contribution in [2.75, 3.05) is 39.6 Å². The van der Waals surface area contributed by atoms with Gasteiger partial charge in [0.2, 0.25) is 0 Å². The molecule has 0 aliphatic carbocycles. The van der Waals surface area contributed by atoms with E-state index in [-0.39, 0.29) is 25.7 Å². The van der Waals surface area contributed by atoms with Gasteiger partial charge in [0, 0.05) is 25.7 Å². The van der Waals surface area contributed by atoms with Crippen LogP contribution in [0.15, 0.2) is 0 Å². The van der Waals surface area contributed by atoms with Gasteiger partial charge in [-0.1, -0.05) is 336 Å². The number of esters is 4. The Morgan fingerprint density at radius 2 is 0.435 bits per heavy atom. The van der Waals surface area contributed by atoms with Crippen LogP contribution in [0.1, 0.15) is 387 Å². The van der Waals surface area contributed by atoms with Crippen molar-refractivity contribution in [3.8, 4) is 0 Å². The van der Waals surface area contributed by atoms with E-state index in [0.717, 1.165) is 96.3 Å². The average molecular weight is 1350 g/mol. The fraction of sp³-hybridized carbons (Fsp3) is 0.945. The van der Waals surface area contributed by atoms with E-state index >= 15 is 0 Å². The Labute approximate surface area is 562 Å². The Morgan fingerprint density at radius 1 is 0.261 bits per heavy atom. The largest absolute Gasteiger partial charge is 0.472 e. The molecular formula is C73H142O17P2. The highest BCUT2D eigenvalue weighted by Gasteiger charge is 2.30. The van der Waals surface area contributed by atoms with Crippen LogP contribution in [0.4, 0.5) is 0 Å². The second-order valence-electron chi connectivity index (χ2n) is 26.3. The number of unbranched alkanes of at least 4 members (excludes halogenated alkanes) is 48. The number of rotatable bonds is 74. The van der Waals surface area contributed by atoms with Crippen LogP contribution < -0.4 is 0 Å². The van der Waals surface area contributed by atoms with E-state index in [2.05, 4.69) is 27.7 Å². The lowest BCUT2D eigenvalue weighted by atomic mass is 10.0. The average Bonchev–Trinajstić information content (AvgIpc) is 3.12. The smallest absolute Gasteiger partial charge is 0.462 e. The summed E-state index contributed by atoms with van der Waals surface area (Å²) in [6.07, 6.45) is 56.9. The molecule has 0 saturated carbocycles. The monoisotopic (exact) mass is 1350 g/mol. The van der Waals surface area contributed by atoms with Gasteiger partial charge in [-0.2, -0.15) is 0 Å². The fourth-order valence-electron chi connectivity index (χ4n) is 11.2. The molecule has 0 spiro atoms. The molecule has 0 aromatic carbocycles. The van der Waals surface area contributed by atoms with Crippen molar-refractivity contribution in [2.24, 2.45) is 0 Å². The van der Waals surface area contributed by atoms with Gasteiger partial charge in [-0.25, -0.2) is 9.13 Å².